The number of hydrogen-bond donors (Lipinski definition) is 0. The van der Waals surface area contributed by atoms with Crippen LogP contribution in [0.15, 0.2) is 42.5 Å². The van der Waals surface area contributed by atoms with Gasteiger partial charge in [-0.05, 0) is 52.9 Å². The molecule has 0 fully saturated rings. The lowest BCUT2D eigenvalue weighted by Crippen LogP contribution is -2.01. The van der Waals surface area contributed by atoms with E-state index in [1.54, 1.807) is 7.11 Å². The maximum atomic E-state index is 6.06. The van der Waals surface area contributed by atoms with Crippen LogP contribution < -0.4 is 4.74 Å². The fourth-order valence-electron chi connectivity index (χ4n) is 2.28. The summed E-state index contributed by atoms with van der Waals surface area (Å²) in [6.07, 6.45) is 0. The van der Waals surface area contributed by atoms with E-state index in [1.807, 2.05) is 24.3 Å². The Hall–Kier alpha value is -1.27. The molecule has 0 saturated carbocycles. The predicted molar refractivity (Wildman–Crippen MR) is 89.9 cm³/mol. The third kappa shape index (κ3) is 2.27. The zero-order valence-corrected chi connectivity index (χ0v) is 13.7. The zero-order valence-electron chi connectivity index (χ0n) is 10.8. The van der Waals surface area contributed by atoms with Crippen molar-refractivity contribution in [3.63, 3.8) is 0 Å². The molecule has 1 heterocycles. The molecule has 1 aromatic heterocycles. The third-order valence-electron chi connectivity index (χ3n) is 3.13. The van der Waals surface area contributed by atoms with Gasteiger partial charge in [-0.2, -0.15) is 0 Å². The van der Waals surface area contributed by atoms with Gasteiger partial charge < -0.3 is 4.74 Å². The molecule has 3 aromatic rings. The smallest absolute Gasteiger partial charge is 0.142 e. The van der Waals surface area contributed by atoms with Crippen LogP contribution in [0.4, 0.5) is 0 Å². The summed E-state index contributed by atoms with van der Waals surface area (Å²) >= 11 is 8.35. The first-order valence-corrected chi connectivity index (χ1v) is 7.72. The Labute approximate surface area is 135 Å². The number of alkyl halides is 1. The summed E-state index contributed by atoms with van der Waals surface area (Å²) in [6.45, 7) is 0. The molecular formula is C15H12ClIN2O. The average Bonchev–Trinajstić information content (AvgIpc) is 2.84. The van der Waals surface area contributed by atoms with Crippen molar-refractivity contribution >= 4 is 45.2 Å². The highest BCUT2D eigenvalue weighted by Crippen LogP contribution is 2.29. The molecule has 0 bridgehead atoms. The van der Waals surface area contributed by atoms with Crippen LogP contribution >= 0.6 is 34.2 Å². The molecule has 102 valence electrons. The maximum absolute atomic E-state index is 6.06. The van der Waals surface area contributed by atoms with Crippen LogP contribution in [-0.4, -0.2) is 16.7 Å². The molecule has 20 heavy (non-hydrogen) atoms. The van der Waals surface area contributed by atoms with Crippen LogP contribution in [-0.2, 0) is 5.88 Å². The number of para-hydroxylation sites is 2. The highest BCUT2D eigenvalue weighted by atomic mass is 127. The van der Waals surface area contributed by atoms with Crippen molar-refractivity contribution in [1.29, 1.82) is 0 Å². The van der Waals surface area contributed by atoms with Gasteiger partial charge in [0.25, 0.3) is 0 Å². The van der Waals surface area contributed by atoms with E-state index in [0.29, 0.717) is 5.88 Å². The van der Waals surface area contributed by atoms with E-state index >= 15 is 0 Å². The van der Waals surface area contributed by atoms with Gasteiger partial charge in [-0.15, -0.1) is 11.6 Å². The average molecular weight is 399 g/mol. The molecule has 0 N–H and O–H groups in total. The second kappa shape index (κ2) is 5.61. The molecule has 2 aromatic carbocycles. The lowest BCUT2D eigenvalue weighted by atomic mass is 10.2. The van der Waals surface area contributed by atoms with Gasteiger partial charge in [0, 0.05) is 3.57 Å². The highest BCUT2D eigenvalue weighted by Gasteiger charge is 2.14. The van der Waals surface area contributed by atoms with Crippen molar-refractivity contribution in [2.75, 3.05) is 7.11 Å². The largest absolute Gasteiger partial charge is 0.495 e. The Morgan fingerprint density at radius 3 is 2.80 bits per heavy atom. The number of benzene rings is 2. The molecule has 0 atom stereocenters. The Bertz CT molecular complexity index is 770. The molecular weight excluding hydrogens is 387 g/mol. The minimum Gasteiger partial charge on any atom is -0.495 e. The molecule has 0 saturated heterocycles. The van der Waals surface area contributed by atoms with E-state index in [9.17, 15) is 0 Å². The predicted octanol–water partition coefficient (Wildman–Crippen LogP) is 4.38. The van der Waals surface area contributed by atoms with Crippen LogP contribution in [0.2, 0.25) is 0 Å². The second-order valence-corrected chi connectivity index (χ2v) is 5.81. The van der Waals surface area contributed by atoms with Gasteiger partial charge in [-0.3, -0.25) is 4.57 Å². The van der Waals surface area contributed by atoms with Gasteiger partial charge in [-0.1, -0.05) is 12.1 Å². The number of nitrogens with zero attached hydrogens (tertiary/aromatic N) is 2. The number of methoxy groups -OCH3 is 1. The molecule has 5 heteroatoms. The number of rotatable bonds is 3. The summed E-state index contributed by atoms with van der Waals surface area (Å²) in [5, 5.41) is 0. The molecule has 0 aliphatic carbocycles. The van der Waals surface area contributed by atoms with Crippen LogP contribution in [0.25, 0.3) is 16.7 Å². The Kier molecular flexibility index (Phi) is 3.85. The Morgan fingerprint density at radius 1 is 1.25 bits per heavy atom. The van der Waals surface area contributed by atoms with Crippen molar-refractivity contribution in [2.24, 2.45) is 0 Å². The number of fused-ring (bicyclic) bond motifs is 1. The van der Waals surface area contributed by atoms with Gasteiger partial charge >= 0.3 is 0 Å². The summed E-state index contributed by atoms with van der Waals surface area (Å²) in [6, 6.07) is 14.1. The lowest BCUT2D eigenvalue weighted by molar-refractivity contribution is 0.413. The minimum atomic E-state index is 0.351. The molecule has 0 spiro atoms. The first-order valence-electron chi connectivity index (χ1n) is 6.11. The highest BCUT2D eigenvalue weighted by molar-refractivity contribution is 14.1. The quantitative estimate of drug-likeness (QED) is 0.484. The number of aromatic nitrogens is 2. The van der Waals surface area contributed by atoms with E-state index in [4.69, 9.17) is 16.3 Å². The second-order valence-electron chi connectivity index (χ2n) is 4.30. The molecule has 0 aliphatic heterocycles. The van der Waals surface area contributed by atoms with Gasteiger partial charge in [0.15, 0.2) is 0 Å². The van der Waals surface area contributed by atoms with Gasteiger partial charge in [-0.25, -0.2) is 4.98 Å². The zero-order chi connectivity index (χ0) is 14.1. The Balaban J connectivity index is 2.34. The maximum Gasteiger partial charge on any atom is 0.142 e. The van der Waals surface area contributed by atoms with Gasteiger partial charge in [0.1, 0.15) is 11.6 Å². The summed E-state index contributed by atoms with van der Waals surface area (Å²) in [4.78, 5) is 4.61. The summed E-state index contributed by atoms with van der Waals surface area (Å²) in [5.41, 5.74) is 2.93. The van der Waals surface area contributed by atoms with E-state index in [1.165, 1.54) is 0 Å². The number of imidazole rings is 1. The monoisotopic (exact) mass is 398 g/mol. The van der Waals surface area contributed by atoms with E-state index in [0.717, 1.165) is 31.9 Å². The van der Waals surface area contributed by atoms with E-state index in [-0.39, 0.29) is 0 Å². The first kappa shape index (κ1) is 13.7. The Morgan fingerprint density at radius 2 is 2.05 bits per heavy atom. The molecule has 3 rings (SSSR count). The summed E-state index contributed by atoms with van der Waals surface area (Å²) in [7, 11) is 1.67. The number of hydrogen-bond acceptors (Lipinski definition) is 2. The number of halogens is 2. The van der Waals surface area contributed by atoms with E-state index < -0.39 is 0 Å². The summed E-state index contributed by atoms with van der Waals surface area (Å²) < 4.78 is 8.65. The van der Waals surface area contributed by atoms with Crippen LogP contribution in [0.1, 0.15) is 5.82 Å². The lowest BCUT2D eigenvalue weighted by Gasteiger charge is -2.12. The fraction of sp³-hybridized carbons (Fsp3) is 0.133. The number of ether oxygens (including phenoxy) is 1. The molecule has 0 aliphatic rings. The van der Waals surface area contributed by atoms with Crippen molar-refractivity contribution in [1.82, 2.24) is 9.55 Å². The van der Waals surface area contributed by atoms with Crippen molar-refractivity contribution < 1.29 is 4.74 Å². The standard InChI is InChI=1S/C15H12ClIN2O/c1-20-14-5-3-2-4-13(14)19-12-7-6-10(17)8-11(12)18-15(19)9-16/h2-8H,9H2,1H3. The normalized spacial score (nSPS) is 10.9. The first-order chi connectivity index (χ1) is 9.74. The van der Waals surface area contributed by atoms with Crippen molar-refractivity contribution in [3.05, 3.63) is 51.9 Å². The minimum absolute atomic E-state index is 0.351. The third-order valence-corrected chi connectivity index (χ3v) is 4.04. The molecule has 0 amide bonds. The molecule has 0 radical (unpaired) electrons. The van der Waals surface area contributed by atoms with Gasteiger partial charge in [0.2, 0.25) is 0 Å². The van der Waals surface area contributed by atoms with Crippen LogP contribution in [0.5, 0.6) is 5.75 Å². The van der Waals surface area contributed by atoms with Crippen LogP contribution in [0.3, 0.4) is 0 Å². The molecule has 3 nitrogen and oxygen atoms in total. The van der Waals surface area contributed by atoms with Crippen LogP contribution in [0, 0.1) is 3.57 Å². The molecule has 0 unspecified atom stereocenters. The fourth-order valence-corrected chi connectivity index (χ4v) is 2.93. The van der Waals surface area contributed by atoms with E-state index in [2.05, 4.69) is 50.3 Å². The van der Waals surface area contributed by atoms with Crippen molar-refractivity contribution in [3.8, 4) is 11.4 Å². The summed E-state index contributed by atoms with van der Waals surface area (Å²) in [5.74, 6) is 1.97. The van der Waals surface area contributed by atoms with Crippen molar-refractivity contribution in [2.45, 2.75) is 5.88 Å². The topological polar surface area (TPSA) is 27.1 Å². The van der Waals surface area contributed by atoms with Gasteiger partial charge in [0.05, 0.1) is 29.7 Å². The SMILES string of the molecule is COc1ccccc1-n1c(CCl)nc2cc(I)ccc21.